The Labute approximate surface area is 42.9 Å². The molecule has 0 atom stereocenters. The molecule has 0 fully saturated rings. The van der Waals surface area contributed by atoms with Crippen LogP contribution in [0.15, 0.2) is 0 Å². The average molecular weight is 155 g/mol. The fourth-order valence-corrected chi connectivity index (χ4v) is 0. The van der Waals surface area contributed by atoms with Gasteiger partial charge in [0.15, 0.2) is 0 Å². The zero-order chi connectivity index (χ0) is 3.58. The normalized spacial score (nSPS) is 7.00. The first-order valence-corrected chi connectivity index (χ1v) is 1.50. The molecular weight excluding hydrogens is 153 g/mol. The van der Waals surface area contributed by atoms with Crippen LogP contribution >= 0.6 is 0 Å². The summed E-state index contributed by atoms with van der Waals surface area (Å²) in [6, 6.07) is 0. The molecule has 30 valence electrons. The molecule has 5 heavy (non-hydrogen) atoms. The fraction of sp³-hybridized carbons (Fsp3) is 0. The van der Waals surface area contributed by atoms with Gasteiger partial charge in [0.1, 0.15) is 0 Å². The Morgan fingerprint density at radius 2 is 1.40 bits per heavy atom. The molecule has 0 radical (unpaired) electrons. The third-order valence-electron chi connectivity index (χ3n) is 0. The van der Waals surface area contributed by atoms with Gasteiger partial charge < -0.3 is 9.11 Å². The maximum absolute atomic E-state index is 8.44. The average Bonchev–Trinajstić information content (AvgIpc) is 0.811. The Balaban J connectivity index is 0. The molecule has 0 saturated heterocycles. The van der Waals surface area contributed by atoms with Gasteiger partial charge in [0, 0.05) is 0 Å². The van der Waals surface area contributed by atoms with Crippen LogP contribution in [0.5, 0.6) is 0 Å². The predicted molar refractivity (Wildman–Crippen MR) is 18.2 cm³/mol. The minimum absolute atomic E-state index is 0. The van der Waals surface area contributed by atoms with Crippen molar-refractivity contribution >= 4 is 29.0 Å². The summed E-state index contributed by atoms with van der Waals surface area (Å²) >= 11 is -3.11. The van der Waals surface area contributed by atoms with Crippen molar-refractivity contribution in [3.05, 3.63) is 0 Å². The minimum atomic E-state index is -3.11. The van der Waals surface area contributed by atoms with E-state index in [1.807, 2.05) is 0 Å². The van der Waals surface area contributed by atoms with Crippen molar-refractivity contribution in [3.8, 4) is 0 Å². The first-order valence-electron chi connectivity index (χ1n) is 0.500. The van der Waals surface area contributed by atoms with Crippen molar-refractivity contribution in [1.82, 2.24) is 0 Å². The number of hydrogen-bond acceptors (Lipinski definition) is 3. The Kier molecular flexibility index (Phi) is 8.44. The summed E-state index contributed by atoms with van der Waals surface area (Å²) in [5.74, 6) is 0. The molecule has 0 bridgehead atoms. The van der Waals surface area contributed by atoms with E-state index in [-0.39, 0.29) is 17.6 Å². The summed E-state index contributed by atoms with van der Waals surface area (Å²) in [6.45, 7) is 0. The zero-order valence-corrected chi connectivity index (χ0v) is 6.12. The molecule has 3 nitrogen and oxygen atoms in total. The molecule has 0 aromatic heterocycles. The van der Waals surface area contributed by atoms with Gasteiger partial charge in [-0.3, -0.25) is 4.21 Å². The summed E-state index contributed by atoms with van der Waals surface area (Å²) in [6.07, 6.45) is 0. The molecule has 0 N–H and O–H groups in total. The van der Waals surface area contributed by atoms with Crippen LogP contribution in [0.1, 0.15) is 0 Å². The monoisotopic (exact) mass is 156 g/mol. The fourth-order valence-electron chi connectivity index (χ4n) is 0. The summed E-state index contributed by atoms with van der Waals surface area (Å²) in [4.78, 5) is 0. The van der Waals surface area contributed by atoms with Gasteiger partial charge in [0.25, 0.3) is 0 Å². The van der Waals surface area contributed by atoms with Gasteiger partial charge in [-0.2, -0.15) is 0 Å². The second-order valence-electron chi connectivity index (χ2n) is 0.204. The molecule has 0 unspecified atom stereocenters. The third kappa shape index (κ3) is 83.8. The molecule has 0 rings (SSSR count). The van der Waals surface area contributed by atoms with Gasteiger partial charge in [-0.1, -0.05) is 0 Å². The molecule has 0 amide bonds. The summed E-state index contributed by atoms with van der Waals surface area (Å²) in [5, 5.41) is 0. The van der Waals surface area contributed by atoms with Gasteiger partial charge in [0.05, 0.1) is 0 Å². The summed E-state index contributed by atoms with van der Waals surface area (Å²) in [7, 11) is 0. The van der Waals surface area contributed by atoms with Crippen molar-refractivity contribution in [1.29, 1.82) is 0 Å². The van der Waals surface area contributed by atoms with Gasteiger partial charge in [-0.25, -0.2) is 0 Å². The maximum atomic E-state index is 8.44. The van der Waals surface area contributed by atoms with Crippen molar-refractivity contribution in [2.75, 3.05) is 0 Å². The Morgan fingerprint density at radius 1 is 1.40 bits per heavy atom. The van der Waals surface area contributed by atoms with E-state index in [1.54, 1.807) is 0 Å². The van der Waals surface area contributed by atoms with Gasteiger partial charge in [-0.05, 0) is 0 Å². The van der Waals surface area contributed by atoms with E-state index in [1.165, 1.54) is 0 Å². The molecule has 0 saturated carbocycles. The SMILES string of the molecule is O=S([O-])[O-].[GeH2+2]. The van der Waals surface area contributed by atoms with Crippen molar-refractivity contribution in [2.45, 2.75) is 0 Å². The van der Waals surface area contributed by atoms with Crippen molar-refractivity contribution < 1.29 is 13.3 Å². The Hall–Kier alpha value is 0.613. The van der Waals surface area contributed by atoms with E-state index in [0.29, 0.717) is 0 Å². The molecule has 0 aromatic carbocycles. The predicted octanol–water partition coefficient (Wildman–Crippen LogP) is -1.92. The zero-order valence-electron chi connectivity index (χ0n) is 2.34. The molecule has 0 heterocycles. The Bertz CT molecular complexity index is 29.9. The third-order valence-corrected chi connectivity index (χ3v) is 0. The summed E-state index contributed by atoms with van der Waals surface area (Å²) < 4.78 is 25.3. The molecule has 0 aliphatic carbocycles. The number of hydrogen-bond donors (Lipinski definition) is 0. The van der Waals surface area contributed by atoms with Crippen LogP contribution in [0.2, 0.25) is 0 Å². The topological polar surface area (TPSA) is 63.2 Å². The van der Waals surface area contributed by atoms with Crippen molar-refractivity contribution in [2.24, 2.45) is 0 Å². The molecule has 0 spiro atoms. The first kappa shape index (κ1) is 9.15. The van der Waals surface area contributed by atoms with Gasteiger partial charge in [-0.15, -0.1) is 11.4 Å². The molecule has 0 aromatic rings. The first-order chi connectivity index (χ1) is 1.73. The van der Waals surface area contributed by atoms with E-state index in [0.717, 1.165) is 0 Å². The molecular formula is H2GeO3S. The van der Waals surface area contributed by atoms with Crippen LogP contribution in [0.25, 0.3) is 0 Å². The molecule has 5 heteroatoms. The van der Waals surface area contributed by atoms with E-state index in [9.17, 15) is 0 Å². The van der Waals surface area contributed by atoms with Gasteiger partial charge >= 0.3 is 17.6 Å². The second-order valence-corrected chi connectivity index (χ2v) is 0.612. The van der Waals surface area contributed by atoms with E-state index in [2.05, 4.69) is 0 Å². The molecule has 0 aliphatic heterocycles. The van der Waals surface area contributed by atoms with Crippen LogP contribution in [-0.4, -0.2) is 30.9 Å². The van der Waals surface area contributed by atoms with E-state index < -0.39 is 11.4 Å². The Morgan fingerprint density at radius 3 is 1.40 bits per heavy atom. The second kappa shape index (κ2) is 4.61. The van der Waals surface area contributed by atoms with E-state index >= 15 is 0 Å². The quantitative estimate of drug-likeness (QED) is 0.302. The van der Waals surface area contributed by atoms with Crippen LogP contribution in [0.4, 0.5) is 0 Å². The van der Waals surface area contributed by atoms with Crippen LogP contribution in [-0.2, 0) is 11.4 Å². The van der Waals surface area contributed by atoms with Crippen LogP contribution in [0.3, 0.4) is 0 Å². The van der Waals surface area contributed by atoms with Crippen LogP contribution < -0.4 is 0 Å². The van der Waals surface area contributed by atoms with Gasteiger partial charge in [0.2, 0.25) is 0 Å². The van der Waals surface area contributed by atoms with Crippen molar-refractivity contribution in [3.63, 3.8) is 0 Å². The van der Waals surface area contributed by atoms with Crippen LogP contribution in [0, 0.1) is 0 Å². The standard InChI is InChI=1S/GeH2.H2O3S/c;1-4(2)3/h1H2;(H2,1,2,3)/q+2;/p-2. The summed E-state index contributed by atoms with van der Waals surface area (Å²) in [5.41, 5.74) is 0. The van der Waals surface area contributed by atoms with E-state index in [4.69, 9.17) is 13.3 Å². The number of rotatable bonds is 0. The molecule has 0 aliphatic rings.